The van der Waals surface area contributed by atoms with Crippen molar-refractivity contribution in [3.05, 3.63) is 65.7 Å². The Morgan fingerprint density at radius 1 is 0.926 bits per heavy atom. The third-order valence-electron chi connectivity index (χ3n) is 5.43. The SMILES string of the molecule is CN(C)S(=O)(=O)c1cccc(CN(CCc2ccccc2)C2CCCC2)c1. The summed E-state index contributed by atoms with van der Waals surface area (Å²) in [5, 5.41) is 0. The van der Waals surface area contributed by atoms with E-state index < -0.39 is 10.0 Å². The molecule has 1 aliphatic rings. The molecule has 0 aliphatic heterocycles. The average molecular weight is 387 g/mol. The zero-order chi connectivity index (χ0) is 19.3. The first-order chi connectivity index (χ1) is 13.0. The third kappa shape index (κ3) is 5.18. The molecule has 0 spiro atoms. The van der Waals surface area contributed by atoms with Gasteiger partial charge >= 0.3 is 0 Å². The number of hydrogen-bond donors (Lipinski definition) is 0. The molecule has 0 saturated heterocycles. The van der Waals surface area contributed by atoms with Gasteiger partial charge in [0.05, 0.1) is 4.90 Å². The van der Waals surface area contributed by atoms with Crippen LogP contribution in [0.25, 0.3) is 0 Å². The minimum atomic E-state index is -3.39. The second-order valence-corrected chi connectivity index (χ2v) is 9.73. The van der Waals surface area contributed by atoms with E-state index in [9.17, 15) is 8.42 Å². The van der Waals surface area contributed by atoms with E-state index in [-0.39, 0.29) is 0 Å². The van der Waals surface area contributed by atoms with Gasteiger partial charge in [-0.1, -0.05) is 55.3 Å². The highest BCUT2D eigenvalue weighted by molar-refractivity contribution is 7.89. The molecule has 2 aromatic carbocycles. The predicted octanol–water partition coefficient (Wildman–Crippen LogP) is 3.92. The smallest absolute Gasteiger partial charge is 0.242 e. The van der Waals surface area contributed by atoms with Crippen LogP contribution in [-0.4, -0.2) is 44.3 Å². The first-order valence-corrected chi connectivity index (χ1v) is 11.2. The van der Waals surface area contributed by atoms with Crippen molar-refractivity contribution < 1.29 is 8.42 Å². The lowest BCUT2D eigenvalue weighted by Gasteiger charge is -2.29. The highest BCUT2D eigenvalue weighted by Crippen LogP contribution is 2.26. The number of rotatable bonds is 8. The van der Waals surface area contributed by atoms with E-state index in [1.807, 2.05) is 18.2 Å². The minimum Gasteiger partial charge on any atom is -0.296 e. The normalized spacial score (nSPS) is 15.7. The fourth-order valence-electron chi connectivity index (χ4n) is 3.83. The van der Waals surface area contributed by atoms with Crippen molar-refractivity contribution in [1.82, 2.24) is 9.21 Å². The van der Waals surface area contributed by atoms with Gasteiger partial charge in [0.1, 0.15) is 0 Å². The van der Waals surface area contributed by atoms with Crippen LogP contribution in [0.4, 0.5) is 0 Å². The van der Waals surface area contributed by atoms with Crippen LogP contribution in [-0.2, 0) is 23.0 Å². The van der Waals surface area contributed by atoms with Crippen molar-refractivity contribution in [3.8, 4) is 0 Å². The Morgan fingerprint density at radius 2 is 1.59 bits per heavy atom. The van der Waals surface area contributed by atoms with Gasteiger partial charge in [0.25, 0.3) is 0 Å². The molecular weight excluding hydrogens is 356 g/mol. The Morgan fingerprint density at radius 3 is 2.26 bits per heavy atom. The van der Waals surface area contributed by atoms with Crippen LogP contribution in [0.3, 0.4) is 0 Å². The maximum atomic E-state index is 12.4. The molecule has 1 fully saturated rings. The maximum absolute atomic E-state index is 12.4. The zero-order valence-corrected chi connectivity index (χ0v) is 17.2. The second-order valence-electron chi connectivity index (χ2n) is 7.58. The number of benzene rings is 2. The first kappa shape index (κ1) is 20.1. The molecule has 0 bridgehead atoms. The molecule has 1 aliphatic carbocycles. The Labute approximate surface area is 163 Å². The maximum Gasteiger partial charge on any atom is 0.242 e. The standard InChI is InChI=1S/C22H30N2O2S/c1-23(2)27(25,26)22-14-8-11-20(17-22)18-24(21-12-6-7-13-21)16-15-19-9-4-3-5-10-19/h3-5,8-11,14,17,21H,6-7,12-13,15-16,18H2,1-2H3. The molecule has 0 aromatic heterocycles. The lowest BCUT2D eigenvalue weighted by atomic mass is 10.1. The van der Waals surface area contributed by atoms with Crippen molar-refractivity contribution in [1.29, 1.82) is 0 Å². The van der Waals surface area contributed by atoms with Gasteiger partial charge in [0.15, 0.2) is 0 Å². The topological polar surface area (TPSA) is 40.6 Å². The molecule has 27 heavy (non-hydrogen) atoms. The van der Waals surface area contributed by atoms with Gasteiger partial charge in [0.2, 0.25) is 10.0 Å². The molecule has 5 heteroatoms. The van der Waals surface area contributed by atoms with E-state index in [4.69, 9.17) is 0 Å². The Bertz CT molecular complexity index is 828. The molecule has 0 radical (unpaired) electrons. The van der Waals surface area contributed by atoms with Crippen molar-refractivity contribution in [2.24, 2.45) is 0 Å². The molecule has 2 aromatic rings. The second kappa shape index (κ2) is 9.00. The summed E-state index contributed by atoms with van der Waals surface area (Å²) in [6, 6.07) is 18.6. The van der Waals surface area contributed by atoms with E-state index in [1.165, 1.54) is 35.6 Å². The molecule has 0 amide bonds. The van der Waals surface area contributed by atoms with Crippen molar-refractivity contribution in [2.45, 2.75) is 49.6 Å². The van der Waals surface area contributed by atoms with E-state index in [0.29, 0.717) is 10.9 Å². The van der Waals surface area contributed by atoms with Crippen molar-refractivity contribution in [3.63, 3.8) is 0 Å². The molecule has 0 unspecified atom stereocenters. The molecule has 146 valence electrons. The summed E-state index contributed by atoms with van der Waals surface area (Å²) in [4.78, 5) is 2.92. The minimum absolute atomic E-state index is 0.374. The van der Waals surface area contributed by atoms with E-state index in [0.717, 1.165) is 25.1 Å². The summed E-state index contributed by atoms with van der Waals surface area (Å²) in [5.41, 5.74) is 2.42. The molecule has 0 N–H and O–H groups in total. The van der Waals surface area contributed by atoms with Crippen molar-refractivity contribution >= 4 is 10.0 Å². The van der Waals surface area contributed by atoms with E-state index in [2.05, 4.69) is 35.2 Å². The van der Waals surface area contributed by atoms with Crippen LogP contribution >= 0.6 is 0 Å². The van der Waals surface area contributed by atoms with Crippen LogP contribution in [0.5, 0.6) is 0 Å². The quantitative estimate of drug-likeness (QED) is 0.690. The molecule has 0 heterocycles. The van der Waals surface area contributed by atoms with Gasteiger partial charge in [-0.3, -0.25) is 4.90 Å². The van der Waals surface area contributed by atoms with Crippen LogP contribution in [0, 0.1) is 0 Å². The summed E-state index contributed by atoms with van der Waals surface area (Å²) in [6.07, 6.45) is 6.09. The van der Waals surface area contributed by atoms with Gasteiger partial charge in [-0.25, -0.2) is 12.7 Å². The molecular formula is C22H30N2O2S. The molecule has 4 nitrogen and oxygen atoms in total. The summed E-state index contributed by atoms with van der Waals surface area (Å²) in [7, 11) is -0.242. The largest absolute Gasteiger partial charge is 0.296 e. The van der Waals surface area contributed by atoms with Crippen LogP contribution in [0.1, 0.15) is 36.8 Å². The fraction of sp³-hybridized carbons (Fsp3) is 0.455. The summed E-state index contributed by atoms with van der Waals surface area (Å²) in [5.74, 6) is 0. The van der Waals surface area contributed by atoms with E-state index >= 15 is 0 Å². The van der Waals surface area contributed by atoms with Crippen LogP contribution < -0.4 is 0 Å². The highest BCUT2D eigenvalue weighted by atomic mass is 32.2. The first-order valence-electron chi connectivity index (χ1n) is 9.76. The molecule has 3 rings (SSSR count). The Hall–Kier alpha value is -1.69. The fourth-order valence-corrected chi connectivity index (χ4v) is 4.80. The van der Waals surface area contributed by atoms with Gasteiger partial charge in [-0.15, -0.1) is 0 Å². The van der Waals surface area contributed by atoms with Gasteiger partial charge < -0.3 is 0 Å². The molecule has 0 atom stereocenters. The van der Waals surface area contributed by atoms with Gasteiger partial charge in [-0.2, -0.15) is 0 Å². The van der Waals surface area contributed by atoms with Crippen molar-refractivity contribution in [2.75, 3.05) is 20.6 Å². The van der Waals surface area contributed by atoms with E-state index in [1.54, 1.807) is 20.2 Å². The predicted molar refractivity (Wildman–Crippen MR) is 110 cm³/mol. The lowest BCUT2D eigenvalue weighted by molar-refractivity contribution is 0.192. The van der Waals surface area contributed by atoms with Gasteiger partial charge in [-0.05, 0) is 42.5 Å². The third-order valence-corrected chi connectivity index (χ3v) is 7.25. The van der Waals surface area contributed by atoms with Crippen LogP contribution in [0.15, 0.2) is 59.5 Å². The van der Waals surface area contributed by atoms with Crippen LogP contribution in [0.2, 0.25) is 0 Å². The number of nitrogens with zero attached hydrogens (tertiary/aromatic N) is 2. The highest BCUT2D eigenvalue weighted by Gasteiger charge is 2.23. The summed E-state index contributed by atoms with van der Waals surface area (Å²) < 4.78 is 26.2. The zero-order valence-electron chi connectivity index (χ0n) is 16.3. The summed E-state index contributed by atoms with van der Waals surface area (Å²) in [6.45, 7) is 1.80. The Kier molecular flexibility index (Phi) is 6.68. The average Bonchev–Trinajstić information content (AvgIpc) is 3.20. The number of hydrogen-bond acceptors (Lipinski definition) is 3. The monoisotopic (exact) mass is 386 g/mol. The summed E-state index contributed by atoms with van der Waals surface area (Å²) >= 11 is 0. The molecule has 1 saturated carbocycles. The number of sulfonamides is 1. The lowest BCUT2D eigenvalue weighted by Crippen LogP contribution is -2.34. The van der Waals surface area contributed by atoms with Gasteiger partial charge in [0, 0.05) is 33.2 Å². The Balaban J connectivity index is 1.75.